The van der Waals surface area contributed by atoms with E-state index in [1.54, 1.807) is 6.08 Å². The van der Waals surface area contributed by atoms with Crippen molar-refractivity contribution >= 4 is 5.57 Å². The summed E-state index contributed by atoms with van der Waals surface area (Å²) in [5.41, 5.74) is 5.08. The van der Waals surface area contributed by atoms with E-state index >= 15 is 0 Å². The van der Waals surface area contributed by atoms with Gasteiger partial charge in [-0.2, -0.15) is 0 Å². The molecule has 3 rings (SSSR count). The van der Waals surface area contributed by atoms with Crippen molar-refractivity contribution in [3.63, 3.8) is 0 Å². The highest BCUT2D eigenvalue weighted by atomic mass is 16.5. The molecule has 1 heteroatoms. The molecule has 3 aromatic rings. The third kappa shape index (κ3) is 4.12. The number of hydrogen-bond donors (Lipinski definition) is 0. The van der Waals surface area contributed by atoms with Crippen molar-refractivity contribution < 1.29 is 4.74 Å². The van der Waals surface area contributed by atoms with Crippen LogP contribution in [0.15, 0.2) is 104 Å². The van der Waals surface area contributed by atoms with E-state index < -0.39 is 0 Å². The fraction of sp³-hybridized carbons (Fsp3) is 0.120. The van der Waals surface area contributed by atoms with Crippen molar-refractivity contribution in [3.05, 3.63) is 120 Å². The van der Waals surface area contributed by atoms with Gasteiger partial charge in [-0.05, 0) is 41.3 Å². The number of rotatable bonds is 7. The summed E-state index contributed by atoms with van der Waals surface area (Å²) in [5, 5.41) is 0. The molecule has 0 aliphatic heterocycles. The molecule has 1 atom stereocenters. The molecule has 0 saturated heterocycles. The number of ether oxygens (including phenoxy) is 1. The normalized spacial score (nSPS) is 12.4. The average molecular weight is 340 g/mol. The Labute approximate surface area is 156 Å². The average Bonchev–Trinajstić information content (AvgIpc) is 2.72. The number of allylic oxidation sites excluding steroid dienone is 2. The van der Waals surface area contributed by atoms with Crippen molar-refractivity contribution in [3.8, 4) is 5.75 Å². The van der Waals surface area contributed by atoms with E-state index in [0.29, 0.717) is 6.61 Å². The highest BCUT2D eigenvalue weighted by Gasteiger charge is 2.19. The van der Waals surface area contributed by atoms with Gasteiger partial charge in [0.05, 0.1) is 0 Å². The smallest absolute Gasteiger partial charge is 0.119 e. The van der Waals surface area contributed by atoms with Crippen molar-refractivity contribution in [2.75, 3.05) is 6.61 Å². The van der Waals surface area contributed by atoms with E-state index in [9.17, 15) is 0 Å². The van der Waals surface area contributed by atoms with Gasteiger partial charge in [0.25, 0.3) is 0 Å². The van der Waals surface area contributed by atoms with Crippen LogP contribution in [0.2, 0.25) is 0 Å². The standard InChI is InChI=1S/C25H24O/c1-3-19-26-23-17-15-22(16-18-23)25(21-13-9-6-10-14-21)24(4-2)20-11-7-5-8-12-20/h3-18,25H,1,19H2,2H3/b24-4+. The van der Waals surface area contributed by atoms with E-state index in [0.717, 1.165) is 5.75 Å². The van der Waals surface area contributed by atoms with Gasteiger partial charge in [-0.3, -0.25) is 0 Å². The van der Waals surface area contributed by atoms with Crippen LogP contribution in [0.3, 0.4) is 0 Å². The van der Waals surface area contributed by atoms with Crippen molar-refractivity contribution in [1.82, 2.24) is 0 Å². The second-order valence-electron chi connectivity index (χ2n) is 6.12. The van der Waals surface area contributed by atoms with Crippen LogP contribution in [0, 0.1) is 0 Å². The highest BCUT2D eigenvalue weighted by Crippen LogP contribution is 2.38. The van der Waals surface area contributed by atoms with Crippen LogP contribution in [0.25, 0.3) is 5.57 Å². The van der Waals surface area contributed by atoms with E-state index in [1.807, 2.05) is 12.1 Å². The van der Waals surface area contributed by atoms with Crippen molar-refractivity contribution in [2.45, 2.75) is 12.8 Å². The lowest BCUT2D eigenvalue weighted by molar-refractivity contribution is 0.363. The summed E-state index contributed by atoms with van der Waals surface area (Å²) in [7, 11) is 0. The van der Waals surface area contributed by atoms with Crippen LogP contribution in [-0.2, 0) is 0 Å². The Morgan fingerprint density at radius 1 is 0.846 bits per heavy atom. The Bertz CT molecular complexity index is 846. The zero-order valence-electron chi connectivity index (χ0n) is 15.1. The molecular formula is C25H24O. The third-order valence-corrected chi connectivity index (χ3v) is 4.44. The van der Waals surface area contributed by atoms with E-state index in [-0.39, 0.29) is 5.92 Å². The van der Waals surface area contributed by atoms with E-state index in [4.69, 9.17) is 4.74 Å². The van der Waals surface area contributed by atoms with Crippen LogP contribution in [-0.4, -0.2) is 6.61 Å². The first-order chi connectivity index (χ1) is 12.8. The van der Waals surface area contributed by atoms with Gasteiger partial charge in [-0.25, -0.2) is 0 Å². The Balaban J connectivity index is 2.03. The molecule has 1 nitrogen and oxygen atoms in total. The lowest BCUT2D eigenvalue weighted by Gasteiger charge is -2.22. The fourth-order valence-electron chi connectivity index (χ4n) is 3.24. The maximum absolute atomic E-state index is 5.63. The third-order valence-electron chi connectivity index (χ3n) is 4.44. The number of hydrogen-bond acceptors (Lipinski definition) is 1. The van der Waals surface area contributed by atoms with Crippen LogP contribution in [0.1, 0.15) is 29.5 Å². The van der Waals surface area contributed by atoms with Crippen LogP contribution >= 0.6 is 0 Å². The lowest BCUT2D eigenvalue weighted by atomic mass is 9.81. The topological polar surface area (TPSA) is 9.23 Å². The van der Waals surface area contributed by atoms with Crippen LogP contribution in [0.5, 0.6) is 5.75 Å². The fourth-order valence-corrected chi connectivity index (χ4v) is 3.24. The van der Waals surface area contributed by atoms with Gasteiger partial charge >= 0.3 is 0 Å². The zero-order chi connectivity index (χ0) is 18.2. The van der Waals surface area contributed by atoms with Crippen molar-refractivity contribution in [1.29, 1.82) is 0 Å². The first-order valence-corrected chi connectivity index (χ1v) is 8.93. The van der Waals surface area contributed by atoms with Crippen molar-refractivity contribution in [2.24, 2.45) is 0 Å². The van der Waals surface area contributed by atoms with Crippen LogP contribution < -0.4 is 4.74 Å². The number of benzene rings is 3. The molecule has 0 amide bonds. The summed E-state index contributed by atoms with van der Waals surface area (Å²) in [6, 6.07) is 29.6. The minimum atomic E-state index is 0.178. The summed E-state index contributed by atoms with van der Waals surface area (Å²) >= 11 is 0. The van der Waals surface area contributed by atoms with Crippen LogP contribution in [0.4, 0.5) is 0 Å². The summed E-state index contributed by atoms with van der Waals surface area (Å²) in [6.45, 7) is 6.33. The SMILES string of the molecule is C=CCOc1ccc(C(/C(=C/C)c2ccccc2)c2ccccc2)cc1. The monoisotopic (exact) mass is 340 g/mol. The Hall–Kier alpha value is -3.06. The van der Waals surface area contributed by atoms with Gasteiger partial charge in [0, 0.05) is 5.92 Å². The molecule has 0 aliphatic carbocycles. The molecule has 0 saturated carbocycles. The lowest BCUT2D eigenvalue weighted by Crippen LogP contribution is -2.05. The first kappa shape index (κ1) is 17.8. The second kappa shape index (κ2) is 8.87. The second-order valence-corrected chi connectivity index (χ2v) is 6.12. The molecule has 0 spiro atoms. The largest absolute Gasteiger partial charge is 0.490 e. The summed E-state index contributed by atoms with van der Waals surface area (Å²) in [5.74, 6) is 1.04. The van der Waals surface area contributed by atoms with E-state index in [2.05, 4.69) is 92.4 Å². The minimum Gasteiger partial charge on any atom is -0.490 e. The maximum Gasteiger partial charge on any atom is 0.119 e. The predicted octanol–water partition coefficient (Wildman–Crippen LogP) is 6.49. The molecule has 0 N–H and O–H groups in total. The predicted molar refractivity (Wildman–Crippen MR) is 111 cm³/mol. The molecule has 130 valence electrons. The Morgan fingerprint density at radius 3 is 2.00 bits per heavy atom. The summed E-state index contributed by atoms with van der Waals surface area (Å²) in [4.78, 5) is 0. The summed E-state index contributed by atoms with van der Waals surface area (Å²) in [6.07, 6.45) is 3.98. The zero-order valence-corrected chi connectivity index (χ0v) is 15.1. The molecule has 0 aromatic heterocycles. The van der Waals surface area contributed by atoms with Gasteiger partial charge in [0.1, 0.15) is 12.4 Å². The molecule has 0 aliphatic rings. The first-order valence-electron chi connectivity index (χ1n) is 8.93. The van der Waals surface area contributed by atoms with Gasteiger partial charge in [0.2, 0.25) is 0 Å². The molecule has 1 unspecified atom stereocenters. The molecular weight excluding hydrogens is 316 g/mol. The molecule has 3 aromatic carbocycles. The quantitative estimate of drug-likeness (QED) is 0.447. The molecule has 26 heavy (non-hydrogen) atoms. The molecule has 0 fully saturated rings. The Morgan fingerprint density at radius 2 is 1.42 bits per heavy atom. The molecule has 0 heterocycles. The van der Waals surface area contributed by atoms with Gasteiger partial charge in [-0.1, -0.05) is 91.5 Å². The highest BCUT2D eigenvalue weighted by molar-refractivity contribution is 5.75. The Kier molecular flexibility index (Phi) is 6.05. The molecule has 0 bridgehead atoms. The van der Waals surface area contributed by atoms with Gasteiger partial charge in [0.15, 0.2) is 0 Å². The maximum atomic E-state index is 5.63. The molecule has 0 radical (unpaired) electrons. The van der Waals surface area contributed by atoms with Gasteiger partial charge in [-0.15, -0.1) is 0 Å². The van der Waals surface area contributed by atoms with E-state index in [1.165, 1.54) is 22.3 Å². The minimum absolute atomic E-state index is 0.178. The van der Waals surface area contributed by atoms with Gasteiger partial charge < -0.3 is 4.74 Å². The summed E-state index contributed by atoms with van der Waals surface area (Å²) < 4.78 is 5.63.